The Kier molecular flexibility index (Phi) is 3.56. The molecule has 6 nitrogen and oxygen atoms in total. The first-order valence-electron chi connectivity index (χ1n) is 7.03. The smallest absolute Gasteiger partial charge is 0.322 e. The van der Waals surface area contributed by atoms with Crippen LogP contribution in [0.5, 0.6) is 0 Å². The Hall–Kier alpha value is -2.08. The van der Waals surface area contributed by atoms with Gasteiger partial charge in [-0.05, 0) is 37.0 Å². The lowest BCUT2D eigenvalue weighted by Crippen LogP contribution is -2.50. The van der Waals surface area contributed by atoms with E-state index in [-0.39, 0.29) is 5.92 Å². The molecule has 1 aromatic rings. The molecular weight excluding hydrogens is 308 g/mol. The van der Waals surface area contributed by atoms with Gasteiger partial charge >= 0.3 is 12.0 Å². The lowest BCUT2D eigenvalue weighted by atomic mass is 9.85. The fourth-order valence-electron chi connectivity index (χ4n) is 3.17. The van der Waals surface area contributed by atoms with Crippen LogP contribution >= 0.6 is 11.6 Å². The van der Waals surface area contributed by atoms with E-state index in [0.29, 0.717) is 24.3 Å². The Labute approximate surface area is 131 Å². The number of carboxylic acid groups (broad SMARTS) is 1. The molecule has 3 unspecified atom stereocenters. The number of aliphatic carboxylic acids is 1. The predicted molar refractivity (Wildman–Crippen MR) is 78.4 cm³/mol. The van der Waals surface area contributed by atoms with E-state index in [9.17, 15) is 14.4 Å². The number of aryl methyl sites for hydroxylation is 1. The van der Waals surface area contributed by atoms with Crippen LogP contribution in [-0.4, -0.2) is 28.6 Å². The summed E-state index contributed by atoms with van der Waals surface area (Å²) in [4.78, 5) is 34.9. The highest BCUT2D eigenvalue weighted by Crippen LogP contribution is 2.49. The number of imide groups is 1. The molecule has 116 valence electrons. The summed E-state index contributed by atoms with van der Waals surface area (Å²) in [5, 5.41) is 14.6. The van der Waals surface area contributed by atoms with E-state index in [0.717, 1.165) is 5.56 Å². The van der Waals surface area contributed by atoms with E-state index in [1.165, 1.54) is 0 Å². The lowest BCUT2D eigenvalue weighted by molar-refractivity contribution is -0.139. The molecule has 3 N–H and O–H groups in total. The van der Waals surface area contributed by atoms with Crippen LogP contribution in [0.1, 0.15) is 18.4 Å². The summed E-state index contributed by atoms with van der Waals surface area (Å²) in [6.45, 7) is 0. The number of nitrogens with one attached hydrogen (secondary N) is 2. The average Bonchev–Trinajstić information content (AvgIpc) is 3.19. The second-order valence-corrected chi connectivity index (χ2v) is 6.23. The third-order valence-corrected chi connectivity index (χ3v) is 4.64. The van der Waals surface area contributed by atoms with Crippen LogP contribution in [0.3, 0.4) is 0 Å². The van der Waals surface area contributed by atoms with Gasteiger partial charge in [0.05, 0.1) is 5.92 Å². The summed E-state index contributed by atoms with van der Waals surface area (Å²) in [5.41, 5.74) is -0.198. The lowest BCUT2D eigenvalue weighted by Gasteiger charge is -2.26. The SMILES string of the molecule is O=C1NC(=O)C(CCc2cccc(Cl)c2)(C2CC2C(=O)O)N1. The number of benzene rings is 1. The normalized spacial score (nSPS) is 29.9. The zero-order valence-electron chi connectivity index (χ0n) is 11.6. The monoisotopic (exact) mass is 322 g/mol. The summed E-state index contributed by atoms with van der Waals surface area (Å²) in [7, 11) is 0. The molecule has 3 amide bonds. The van der Waals surface area contributed by atoms with Gasteiger partial charge in [0.25, 0.3) is 5.91 Å². The van der Waals surface area contributed by atoms with Gasteiger partial charge in [-0.15, -0.1) is 0 Å². The number of urea groups is 1. The van der Waals surface area contributed by atoms with Crippen LogP contribution in [0, 0.1) is 11.8 Å². The largest absolute Gasteiger partial charge is 0.481 e. The van der Waals surface area contributed by atoms with Crippen LogP contribution in [0.25, 0.3) is 0 Å². The van der Waals surface area contributed by atoms with Crippen molar-refractivity contribution in [3.8, 4) is 0 Å². The minimum atomic E-state index is -1.14. The minimum absolute atomic E-state index is 0.347. The zero-order chi connectivity index (χ0) is 15.9. The second kappa shape index (κ2) is 5.28. The topological polar surface area (TPSA) is 95.5 Å². The van der Waals surface area contributed by atoms with E-state index in [4.69, 9.17) is 16.7 Å². The molecule has 1 heterocycles. The molecule has 3 rings (SSSR count). The van der Waals surface area contributed by atoms with Gasteiger partial charge < -0.3 is 10.4 Å². The van der Waals surface area contributed by atoms with Crippen LogP contribution in [0.15, 0.2) is 24.3 Å². The fourth-order valence-corrected chi connectivity index (χ4v) is 3.39. The number of hydrogen-bond acceptors (Lipinski definition) is 3. The summed E-state index contributed by atoms with van der Waals surface area (Å²) in [6, 6.07) is 6.69. The molecule has 22 heavy (non-hydrogen) atoms. The first-order valence-corrected chi connectivity index (χ1v) is 7.41. The maximum atomic E-state index is 12.2. The molecule has 2 aliphatic rings. The van der Waals surface area contributed by atoms with E-state index in [1.807, 2.05) is 12.1 Å². The van der Waals surface area contributed by atoms with Gasteiger partial charge in [0.15, 0.2) is 0 Å². The van der Waals surface area contributed by atoms with Gasteiger partial charge in [0.2, 0.25) is 0 Å². The van der Waals surface area contributed by atoms with Crippen molar-refractivity contribution >= 4 is 29.5 Å². The third-order valence-electron chi connectivity index (χ3n) is 4.41. The van der Waals surface area contributed by atoms with Crippen LogP contribution in [0.4, 0.5) is 4.79 Å². The van der Waals surface area contributed by atoms with Crippen molar-refractivity contribution in [1.82, 2.24) is 10.6 Å². The first kappa shape index (κ1) is 14.8. The Morgan fingerprint density at radius 3 is 2.73 bits per heavy atom. The molecule has 1 saturated carbocycles. The summed E-state index contributed by atoms with van der Waals surface area (Å²) < 4.78 is 0. The summed E-state index contributed by atoms with van der Waals surface area (Å²) in [5.74, 6) is -2.31. The predicted octanol–water partition coefficient (Wildman–Crippen LogP) is 1.57. The number of halogens is 1. The van der Waals surface area contributed by atoms with E-state index >= 15 is 0 Å². The standard InChI is InChI=1S/C15H15ClN2O4/c16-9-3-1-2-8(6-9)4-5-15(11-7-10(11)12(19)20)13(21)17-14(22)18-15/h1-3,6,10-11H,4-5,7H2,(H,19,20)(H2,17,18,21,22). The number of rotatable bonds is 5. The van der Waals surface area contributed by atoms with Crippen LogP contribution in [0.2, 0.25) is 5.02 Å². The van der Waals surface area contributed by atoms with Gasteiger partial charge in [0.1, 0.15) is 5.54 Å². The quantitative estimate of drug-likeness (QED) is 0.717. The summed E-state index contributed by atoms with van der Waals surface area (Å²) in [6.07, 6.45) is 1.27. The molecule has 0 spiro atoms. The molecule has 3 atom stereocenters. The number of amides is 3. The Balaban J connectivity index is 1.80. The highest BCUT2D eigenvalue weighted by Gasteiger charge is 2.62. The van der Waals surface area contributed by atoms with Crippen molar-refractivity contribution in [2.75, 3.05) is 0 Å². The van der Waals surface area contributed by atoms with Crippen molar-refractivity contribution in [2.45, 2.75) is 24.8 Å². The van der Waals surface area contributed by atoms with Crippen molar-refractivity contribution in [2.24, 2.45) is 11.8 Å². The van der Waals surface area contributed by atoms with Gasteiger partial charge in [-0.25, -0.2) is 4.79 Å². The molecule has 7 heteroatoms. The molecule has 1 aliphatic heterocycles. The highest BCUT2D eigenvalue weighted by atomic mass is 35.5. The zero-order valence-corrected chi connectivity index (χ0v) is 12.4. The first-order chi connectivity index (χ1) is 10.4. The molecule has 1 aliphatic carbocycles. The maximum absolute atomic E-state index is 12.2. The van der Waals surface area contributed by atoms with E-state index in [2.05, 4.69) is 10.6 Å². The Morgan fingerprint density at radius 1 is 1.41 bits per heavy atom. The summed E-state index contributed by atoms with van der Waals surface area (Å²) >= 11 is 5.94. The average molecular weight is 323 g/mol. The third kappa shape index (κ3) is 2.54. The number of carboxylic acids is 1. The molecular formula is C15H15ClN2O4. The van der Waals surface area contributed by atoms with Crippen molar-refractivity contribution in [1.29, 1.82) is 0 Å². The van der Waals surface area contributed by atoms with Gasteiger partial charge in [0, 0.05) is 10.9 Å². The second-order valence-electron chi connectivity index (χ2n) is 5.80. The molecule has 1 aromatic carbocycles. The van der Waals surface area contributed by atoms with E-state index < -0.39 is 29.4 Å². The van der Waals surface area contributed by atoms with Gasteiger partial charge in [-0.3, -0.25) is 14.9 Å². The minimum Gasteiger partial charge on any atom is -0.481 e. The van der Waals surface area contributed by atoms with Crippen molar-refractivity contribution in [3.05, 3.63) is 34.9 Å². The number of carbonyl (C=O) groups is 3. The Bertz CT molecular complexity index is 663. The molecule has 1 saturated heterocycles. The van der Waals surface area contributed by atoms with Crippen molar-refractivity contribution in [3.63, 3.8) is 0 Å². The van der Waals surface area contributed by atoms with Gasteiger partial charge in [-0.2, -0.15) is 0 Å². The molecule has 0 radical (unpaired) electrons. The Morgan fingerprint density at radius 2 is 2.18 bits per heavy atom. The van der Waals surface area contributed by atoms with Gasteiger partial charge in [-0.1, -0.05) is 23.7 Å². The molecule has 2 fully saturated rings. The van der Waals surface area contributed by atoms with Crippen LogP contribution < -0.4 is 10.6 Å². The van der Waals surface area contributed by atoms with Crippen molar-refractivity contribution < 1.29 is 19.5 Å². The highest BCUT2D eigenvalue weighted by molar-refractivity contribution is 6.30. The fraction of sp³-hybridized carbons (Fsp3) is 0.400. The van der Waals surface area contributed by atoms with E-state index in [1.54, 1.807) is 12.1 Å². The maximum Gasteiger partial charge on any atom is 0.322 e. The number of hydrogen-bond donors (Lipinski definition) is 3. The van der Waals surface area contributed by atoms with Crippen LogP contribution in [-0.2, 0) is 16.0 Å². The molecule has 0 aromatic heterocycles. The molecule has 0 bridgehead atoms. The number of carbonyl (C=O) groups excluding carboxylic acids is 2.